The van der Waals surface area contributed by atoms with Crippen molar-refractivity contribution in [2.45, 2.75) is 33.6 Å². The molecule has 0 fully saturated rings. The fourth-order valence-electron chi connectivity index (χ4n) is 1.30. The van der Waals surface area contributed by atoms with Gasteiger partial charge in [0.2, 0.25) is 0 Å². The zero-order valence-corrected chi connectivity index (χ0v) is 8.95. The van der Waals surface area contributed by atoms with Gasteiger partial charge < -0.3 is 0 Å². The van der Waals surface area contributed by atoms with Crippen molar-refractivity contribution in [2.75, 3.05) is 0 Å². The smallest absolute Gasteiger partial charge is 0.182 e. The Morgan fingerprint density at radius 1 is 1.36 bits per heavy atom. The molecule has 0 aliphatic carbocycles. The van der Waals surface area contributed by atoms with Crippen molar-refractivity contribution in [2.24, 2.45) is 5.92 Å². The number of rotatable bonds is 4. The molecule has 1 rings (SSSR count). The minimum Gasteiger partial charge on any atom is -0.292 e. The third-order valence-corrected chi connectivity index (χ3v) is 1.96. The van der Waals surface area contributed by atoms with Gasteiger partial charge in [0.25, 0.3) is 0 Å². The van der Waals surface area contributed by atoms with Gasteiger partial charge in [0.05, 0.1) is 5.69 Å². The molecule has 0 bridgehead atoms. The first kappa shape index (κ1) is 10.8. The molecule has 0 saturated heterocycles. The largest absolute Gasteiger partial charge is 0.292 e. The predicted octanol–water partition coefficient (Wildman–Crippen LogP) is 2.27. The molecule has 0 aromatic carbocycles. The third kappa shape index (κ3) is 2.62. The minimum absolute atomic E-state index is 0.0775. The van der Waals surface area contributed by atoms with Crippen molar-refractivity contribution < 1.29 is 4.79 Å². The van der Waals surface area contributed by atoms with Gasteiger partial charge in [-0.2, -0.15) is 0 Å². The van der Waals surface area contributed by atoms with E-state index in [1.54, 1.807) is 12.4 Å². The van der Waals surface area contributed by atoms with Gasteiger partial charge in [0, 0.05) is 18.8 Å². The molecule has 1 aromatic rings. The number of ketones is 1. The van der Waals surface area contributed by atoms with Crippen molar-refractivity contribution in [1.82, 2.24) is 9.97 Å². The summed E-state index contributed by atoms with van der Waals surface area (Å²) in [5.41, 5.74) is 1.37. The lowest BCUT2D eigenvalue weighted by molar-refractivity contribution is 0.0981. The summed E-state index contributed by atoms with van der Waals surface area (Å²) in [6, 6.07) is 0. The molecule has 0 aliphatic heterocycles. The second kappa shape index (κ2) is 4.84. The summed E-state index contributed by atoms with van der Waals surface area (Å²) < 4.78 is 0. The van der Waals surface area contributed by atoms with Gasteiger partial charge in [-0.25, -0.2) is 4.98 Å². The molecule has 0 spiro atoms. The fraction of sp³-hybridized carbons (Fsp3) is 0.545. The summed E-state index contributed by atoms with van der Waals surface area (Å²) in [5, 5.41) is 0. The molecule has 1 aromatic heterocycles. The van der Waals surface area contributed by atoms with Gasteiger partial charge >= 0.3 is 0 Å². The maximum absolute atomic E-state index is 11.5. The molecule has 0 amide bonds. The highest BCUT2D eigenvalue weighted by atomic mass is 16.1. The van der Waals surface area contributed by atoms with E-state index in [2.05, 4.69) is 23.8 Å². The number of Topliss-reactive ketones (excluding diaryl/α,β-unsaturated/α-hetero) is 1. The Hall–Kier alpha value is -1.25. The summed E-state index contributed by atoms with van der Waals surface area (Å²) in [6.45, 7) is 6.06. The van der Waals surface area contributed by atoms with Crippen molar-refractivity contribution in [1.29, 1.82) is 0 Å². The predicted molar refractivity (Wildman–Crippen MR) is 55.2 cm³/mol. The van der Waals surface area contributed by atoms with Crippen LogP contribution >= 0.6 is 0 Å². The van der Waals surface area contributed by atoms with Crippen LogP contribution in [0.25, 0.3) is 0 Å². The van der Waals surface area contributed by atoms with E-state index in [1.807, 2.05) is 6.92 Å². The Kier molecular flexibility index (Phi) is 3.74. The summed E-state index contributed by atoms with van der Waals surface area (Å²) in [5.74, 6) is 0.573. The summed E-state index contributed by atoms with van der Waals surface area (Å²) >= 11 is 0. The lowest BCUT2D eigenvalue weighted by atomic mass is 10.0. The topological polar surface area (TPSA) is 42.9 Å². The van der Waals surface area contributed by atoms with Gasteiger partial charge in [-0.05, 0) is 12.3 Å². The van der Waals surface area contributed by atoms with Crippen LogP contribution in [-0.2, 0) is 6.42 Å². The van der Waals surface area contributed by atoms with E-state index >= 15 is 0 Å². The Morgan fingerprint density at radius 3 is 2.57 bits per heavy atom. The van der Waals surface area contributed by atoms with E-state index in [0.717, 1.165) is 12.1 Å². The van der Waals surface area contributed by atoms with E-state index < -0.39 is 0 Å². The van der Waals surface area contributed by atoms with Crippen molar-refractivity contribution in [3.8, 4) is 0 Å². The monoisotopic (exact) mass is 192 g/mol. The average Bonchev–Trinajstić information content (AvgIpc) is 2.16. The highest BCUT2D eigenvalue weighted by molar-refractivity contribution is 5.94. The van der Waals surface area contributed by atoms with Crippen LogP contribution in [-0.4, -0.2) is 15.8 Å². The van der Waals surface area contributed by atoms with E-state index in [-0.39, 0.29) is 5.78 Å². The number of carbonyl (C=O) groups excluding carboxylic acids is 1. The molecule has 0 unspecified atom stereocenters. The Balaban J connectivity index is 2.97. The first-order valence-electron chi connectivity index (χ1n) is 4.98. The normalized spacial score (nSPS) is 10.6. The summed E-state index contributed by atoms with van der Waals surface area (Å²) in [6.07, 6.45) is 4.52. The molecule has 14 heavy (non-hydrogen) atoms. The minimum atomic E-state index is 0.0775. The van der Waals surface area contributed by atoms with Crippen molar-refractivity contribution in [3.05, 3.63) is 23.8 Å². The van der Waals surface area contributed by atoms with Crippen LogP contribution in [0.3, 0.4) is 0 Å². The van der Waals surface area contributed by atoms with Crippen LogP contribution in [0.5, 0.6) is 0 Å². The Labute approximate surface area is 84.6 Å². The zero-order chi connectivity index (χ0) is 10.6. The second-order valence-corrected chi connectivity index (χ2v) is 3.73. The van der Waals surface area contributed by atoms with Gasteiger partial charge in [-0.1, -0.05) is 20.8 Å². The van der Waals surface area contributed by atoms with E-state index in [0.29, 0.717) is 18.0 Å². The number of nitrogens with zero attached hydrogens (tertiary/aromatic N) is 2. The van der Waals surface area contributed by atoms with Crippen LogP contribution in [0.15, 0.2) is 12.4 Å². The number of hydrogen-bond donors (Lipinski definition) is 0. The third-order valence-electron chi connectivity index (χ3n) is 1.96. The SMILES string of the molecule is CCC(=O)c1nccnc1CC(C)C. The van der Waals surface area contributed by atoms with Crippen molar-refractivity contribution in [3.63, 3.8) is 0 Å². The lowest BCUT2D eigenvalue weighted by Gasteiger charge is -2.07. The second-order valence-electron chi connectivity index (χ2n) is 3.73. The molecule has 0 radical (unpaired) electrons. The maximum atomic E-state index is 11.5. The van der Waals surface area contributed by atoms with Gasteiger partial charge in [-0.3, -0.25) is 9.78 Å². The summed E-state index contributed by atoms with van der Waals surface area (Å²) in [7, 11) is 0. The molecule has 0 N–H and O–H groups in total. The van der Waals surface area contributed by atoms with Crippen LogP contribution < -0.4 is 0 Å². The Morgan fingerprint density at radius 2 is 2.00 bits per heavy atom. The molecular formula is C11H16N2O. The Bertz CT molecular complexity index is 321. The van der Waals surface area contributed by atoms with Crippen LogP contribution in [0.4, 0.5) is 0 Å². The van der Waals surface area contributed by atoms with Crippen LogP contribution in [0.2, 0.25) is 0 Å². The standard InChI is InChI=1S/C11H16N2O/c1-4-10(14)11-9(7-8(2)3)12-5-6-13-11/h5-6,8H,4,7H2,1-3H3. The molecule has 3 nitrogen and oxygen atoms in total. The molecule has 3 heteroatoms. The number of hydrogen-bond acceptors (Lipinski definition) is 3. The van der Waals surface area contributed by atoms with Gasteiger partial charge in [0.1, 0.15) is 5.69 Å². The molecular weight excluding hydrogens is 176 g/mol. The van der Waals surface area contributed by atoms with E-state index in [9.17, 15) is 4.79 Å². The van der Waals surface area contributed by atoms with Gasteiger partial charge in [0.15, 0.2) is 5.78 Å². The average molecular weight is 192 g/mol. The molecule has 76 valence electrons. The first-order chi connectivity index (χ1) is 6.65. The van der Waals surface area contributed by atoms with Crippen molar-refractivity contribution >= 4 is 5.78 Å². The number of carbonyl (C=O) groups is 1. The molecule has 0 saturated carbocycles. The van der Waals surface area contributed by atoms with Crippen LogP contribution in [0, 0.1) is 5.92 Å². The first-order valence-corrected chi connectivity index (χ1v) is 4.98. The highest BCUT2D eigenvalue weighted by Crippen LogP contribution is 2.10. The maximum Gasteiger partial charge on any atom is 0.182 e. The van der Waals surface area contributed by atoms with E-state index in [1.165, 1.54) is 0 Å². The molecule has 0 aliphatic rings. The molecule has 1 heterocycles. The fourth-order valence-corrected chi connectivity index (χ4v) is 1.30. The summed E-state index contributed by atoms with van der Waals surface area (Å²) in [4.78, 5) is 19.8. The van der Waals surface area contributed by atoms with Gasteiger partial charge in [-0.15, -0.1) is 0 Å². The molecule has 0 atom stereocenters. The highest BCUT2D eigenvalue weighted by Gasteiger charge is 2.12. The van der Waals surface area contributed by atoms with Crippen LogP contribution in [0.1, 0.15) is 43.4 Å². The quantitative estimate of drug-likeness (QED) is 0.687. The lowest BCUT2D eigenvalue weighted by Crippen LogP contribution is -2.09. The zero-order valence-electron chi connectivity index (χ0n) is 8.95. The number of aromatic nitrogens is 2. The van der Waals surface area contributed by atoms with E-state index in [4.69, 9.17) is 0 Å².